The van der Waals surface area contributed by atoms with Crippen LogP contribution >= 0.6 is 0 Å². The highest BCUT2D eigenvalue weighted by atomic mass is 16.5. The topological polar surface area (TPSA) is 51.1 Å². The maximum atomic E-state index is 12.9. The minimum atomic E-state index is -0.266. The fourth-order valence-electron chi connectivity index (χ4n) is 3.24. The van der Waals surface area contributed by atoms with E-state index in [9.17, 15) is 4.79 Å². The first kappa shape index (κ1) is 18.0. The van der Waals surface area contributed by atoms with Gasteiger partial charge >= 0.3 is 0 Å². The standard InChI is InChI=1S/C21H24N2O3/c1-14-8-6-7-9-16(14)20(24)23-13-21(2,3)19(22-23)15-10-11-17(25-4)18(12-15)26-5/h6-12H,13H2,1-5H3. The van der Waals surface area contributed by atoms with Crippen LogP contribution in [0.2, 0.25) is 0 Å². The molecular formula is C21H24N2O3. The van der Waals surface area contributed by atoms with E-state index in [4.69, 9.17) is 9.47 Å². The number of rotatable bonds is 4. The molecule has 5 nitrogen and oxygen atoms in total. The van der Waals surface area contributed by atoms with Gasteiger partial charge in [0.15, 0.2) is 11.5 Å². The third-order valence-electron chi connectivity index (χ3n) is 4.67. The van der Waals surface area contributed by atoms with Crippen LogP contribution < -0.4 is 9.47 Å². The maximum Gasteiger partial charge on any atom is 0.274 e. The lowest BCUT2D eigenvalue weighted by Crippen LogP contribution is -2.31. The average molecular weight is 352 g/mol. The second kappa shape index (κ2) is 6.83. The summed E-state index contributed by atoms with van der Waals surface area (Å²) < 4.78 is 10.7. The molecule has 1 aliphatic heterocycles. The van der Waals surface area contributed by atoms with Crippen LogP contribution in [0.5, 0.6) is 11.5 Å². The van der Waals surface area contributed by atoms with E-state index in [2.05, 4.69) is 18.9 Å². The normalized spacial score (nSPS) is 15.6. The molecule has 1 aliphatic rings. The van der Waals surface area contributed by atoms with E-state index in [1.54, 1.807) is 19.2 Å². The van der Waals surface area contributed by atoms with Crippen molar-refractivity contribution in [3.8, 4) is 11.5 Å². The lowest BCUT2D eigenvalue weighted by molar-refractivity contribution is 0.0753. The molecule has 0 radical (unpaired) electrons. The van der Waals surface area contributed by atoms with Crippen LogP contribution in [0.3, 0.4) is 0 Å². The number of hydrogen-bond acceptors (Lipinski definition) is 4. The molecule has 0 N–H and O–H groups in total. The first-order valence-corrected chi connectivity index (χ1v) is 8.56. The van der Waals surface area contributed by atoms with Crippen LogP contribution in [0.1, 0.15) is 35.3 Å². The van der Waals surface area contributed by atoms with E-state index in [0.717, 1.165) is 16.8 Å². The molecule has 2 aromatic rings. The molecule has 1 heterocycles. The van der Waals surface area contributed by atoms with Gasteiger partial charge in [-0.25, -0.2) is 5.01 Å². The number of amides is 1. The smallest absolute Gasteiger partial charge is 0.274 e. The maximum absolute atomic E-state index is 12.9. The van der Waals surface area contributed by atoms with E-state index < -0.39 is 0 Å². The SMILES string of the molecule is COc1ccc(C2=NN(C(=O)c3ccccc3C)CC2(C)C)cc1OC. The van der Waals surface area contributed by atoms with Gasteiger partial charge < -0.3 is 9.47 Å². The number of hydrogen-bond donors (Lipinski definition) is 0. The van der Waals surface area contributed by atoms with Crippen molar-refractivity contribution in [2.45, 2.75) is 20.8 Å². The molecule has 0 spiro atoms. The fraction of sp³-hybridized carbons (Fsp3) is 0.333. The number of nitrogens with zero attached hydrogens (tertiary/aromatic N) is 2. The fourth-order valence-corrected chi connectivity index (χ4v) is 3.24. The second-order valence-electron chi connectivity index (χ2n) is 7.08. The van der Waals surface area contributed by atoms with Gasteiger partial charge in [-0.05, 0) is 36.8 Å². The summed E-state index contributed by atoms with van der Waals surface area (Å²) in [6.07, 6.45) is 0. The van der Waals surface area contributed by atoms with Crippen molar-refractivity contribution in [3.63, 3.8) is 0 Å². The monoisotopic (exact) mass is 352 g/mol. The Balaban J connectivity index is 1.98. The minimum absolute atomic E-state index is 0.0772. The molecule has 3 rings (SSSR count). The molecule has 0 aromatic heterocycles. The van der Waals surface area contributed by atoms with Crippen LogP contribution in [-0.2, 0) is 0 Å². The number of benzene rings is 2. The summed E-state index contributed by atoms with van der Waals surface area (Å²) in [5.74, 6) is 1.24. The van der Waals surface area contributed by atoms with E-state index in [0.29, 0.717) is 23.6 Å². The van der Waals surface area contributed by atoms with E-state index in [1.165, 1.54) is 0 Å². The van der Waals surface area contributed by atoms with Crippen molar-refractivity contribution in [3.05, 3.63) is 59.2 Å². The summed E-state index contributed by atoms with van der Waals surface area (Å²) in [6.45, 7) is 6.65. The number of carbonyl (C=O) groups is 1. The number of carbonyl (C=O) groups excluding carboxylic acids is 1. The van der Waals surface area contributed by atoms with Crippen molar-refractivity contribution in [1.29, 1.82) is 0 Å². The van der Waals surface area contributed by atoms with Crippen LogP contribution in [0.4, 0.5) is 0 Å². The van der Waals surface area contributed by atoms with Crippen LogP contribution in [-0.4, -0.2) is 37.4 Å². The van der Waals surface area contributed by atoms with Gasteiger partial charge in [-0.3, -0.25) is 4.79 Å². The quantitative estimate of drug-likeness (QED) is 0.838. The molecular weight excluding hydrogens is 328 g/mol. The second-order valence-corrected chi connectivity index (χ2v) is 7.08. The summed E-state index contributed by atoms with van der Waals surface area (Å²) in [5, 5.41) is 6.23. The molecule has 0 saturated carbocycles. The van der Waals surface area contributed by atoms with Gasteiger partial charge in [0.25, 0.3) is 5.91 Å². The molecule has 0 atom stereocenters. The molecule has 0 saturated heterocycles. The number of ether oxygens (including phenoxy) is 2. The Morgan fingerprint density at radius 1 is 1.08 bits per heavy atom. The highest BCUT2D eigenvalue weighted by Gasteiger charge is 2.38. The molecule has 1 amide bonds. The Morgan fingerprint density at radius 3 is 2.42 bits per heavy atom. The molecule has 0 unspecified atom stereocenters. The Bertz CT molecular complexity index is 871. The Morgan fingerprint density at radius 2 is 1.77 bits per heavy atom. The Kier molecular flexibility index (Phi) is 4.72. The molecule has 0 bridgehead atoms. The third-order valence-corrected chi connectivity index (χ3v) is 4.67. The molecule has 136 valence electrons. The van der Waals surface area contributed by atoms with Gasteiger partial charge in [-0.1, -0.05) is 32.0 Å². The molecule has 5 heteroatoms. The number of aryl methyl sites for hydroxylation is 1. The predicted octanol–water partition coefficient (Wildman–Crippen LogP) is 3.90. The van der Waals surface area contributed by atoms with E-state index in [1.807, 2.05) is 49.4 Å². The first-order chi connectivity index (χ1) is 12.4. The Hall–Kier alpha value is -2.82. The molecule has 0 aliphatic carbocycles. The summed E-state index contributed by atoms with van der Waals surface area (Å²) in [5.41, 5.74) is 3.15. The number of methoxy groups -OCH3 is 2. The third kappa shape index (κ3) is 3.17. The van der Waals surface area contributed by atoms with Gasteiger partial charge in [-0.2, -0.15) is 5.10 Å². The zero-order chi connectivity index (χ0) is 18.9. The van der Waals surface area contributed by atoms with Crippen LogP contribution in [0.15, 0.2) is 47.6 Å². The van der Waals surface area contributed by atoms with Crippen molar-refractivity contribution >= 4 is 11.6 Å². The van der Waals surface area contributed by atoms with Crippen LogP contribution in [0.25, 0.3) is 0 Å². The lowest BCUT2D eigenvalue weighted by atomic mass is 9.84. The first-order valence-electron chi connectivity index (χ1n) is 8.56. The zero-order valence-corrected chi connectivity index (χ0v) is 15.9. The van der Waals surface area contributed by atoms with Crippen molar-refractivity contribution in [2.75, 3.05) is 20.8 Å². The summed E-state index contributed by atoms with van der Waals surface area (Å²) in [6, 6.07) is 13.3. The summed E-state index contributed by atoms with van der Waals surface area (Å²) in [7, 11) is 3.22. The molecule has 26 heavy (non-hydrogen) atoms. The van der Waals surface area contributed by atoms with Crippen molar-refractivity contribution < 1.29 is 14.3 Å². The van der Waals surface area contributed by atoms with Gasteiger partial charge in [-0.15, -0.1) is 0 Å². The molecule has 2 aromatic carbocycles. The van der Waals surface area contributed by atoms with E-state index in [-0.39, 0.29) is 11.3 Å². The van der Waals surface area contributed by atoms with Gasteiger partial charge in [0.2, 0.25) is 0 Å². The van der Waals surface area contributed by atoms with Gasteiger partial charge in [0, 0.05) is 16.5 Å². The van der Waals surface area contributed by atoms with Gasteiger partial charge in [0.05, 0.1) is 26.5 Å². The summed E-state index contributed by atoms with van der Waals surface area (Å²) >= 11 is 0. The van der Waals surface area contributed by atoms with E-state index >= 15 is 0 Å². The largest absolute Gasteiger partial charge is 0.493 e. The predicted molar refractivity (Wildman–Crippen MR) is 102 cm³/mol. The highest BCUT2D eigenvalue weighted by Crippen LogP contribution is 2.35. The lowest BCUT2D eigenvalue weighted by Gasteiger charge is -2.21. The van der Waals surface area contributed by atoms with Crippen molar-refractivity contribution in [2.24, 2.45) is 10.5 Å². The zero-order valence-electron chi connectivity index (χ0n) is 15.9. The highest BCUT2D eigenvalue weighted by molar-refractivity contribution is 6.08. The average Bonchev–Trinajstić information content (AvgIpc) is 2.96. The van der Waals surface area contributed by atoms with Gasteiger partial charge in [0.1, 0.15) is 0 Å². The van der Waals surface area contributed by atoms with Crippen molar-refractivity contribution in [1.82, 2.24) is 5.01 Å². The number of hydrazone groups is 1. The Labute approximate surface area is 154 Å². The van der Waals surface area contributed by atoms with Crippen LogP contribution in [0, 0.1) is 12.3 Å². The minimum Gasteiger partial charge on any atom is -0.493 e. The summed E-state index contributed by atoms with van der Waals surface area (Å²) in [4.78, 5) is 12.9. The molecule has 0 fully saturated rings.